The first-order valence-corrected chi connectivity index (χ1v) is 3.22. The van der Waals surface area contributed by atoms with Crippen LogP contribution in [0.3, 0.4) is 0 Å². The molecule has 1 heterocycles. The van der Waals surface area contributed by atoms with Crippen molar-refractivity contribution in [2.45, 2.75) is 13.0 Å². The van der Waals surface area contributed by atoms with E-state index in [2.05, 4.69) is 4.98 Å². The van der Waals surface area contributed by atoms with Gasteiger partial charge in [-0.1, -0.05) is 0 Å². The molecule has 0 aliphatic carbocycles. The summed E-state index contributed by atoms with van der Waals surface area (Å²) in [4.78, 5) is 2.93. The summed E-state index contributed by atoms with van der Waals surface area (Å²) in [7, 11) is 1.62. The van der Waals surface area contributed by atoms with Crippen LogP contribution in [-0.4, -0.2) is 12.1 Å². The number of H-pyrrole nitrogens is 1. The number of aromatic amines is 1. The highest BCUT2D eigenvalue weighted by Crippen LogP contribution is 2.15. The molecule has 0 amide bonds. The van der Waals surface area contributed by atoms with E-state index in [0.717, 1.165) is 11.4 Å². The van der Waals surface area contributed by atoms with Crippen LogP contribution in [-0.2, 0) is 0 Å². The molecule has 0 aromatic carbocycles. The first kappa shape index (κ1) is 7.15. The molecule has 0 aliphatic heterocycles. The molecule has 0 aliphatic rings. The molecule has 3 N–H and O–H groups in total. The van der Waals surface area contributed by atoms with Gasteiger partial charge in [-0.15, -0.1) is 0 Å². The summed E-state index contributed by atoms with van der Waals surface area (Å²) >= 11 is 0. The first-order chi connectivity index (χ1) is 4.74. The Morgan fingerprint density at radius 1 is 1.70 bits per heavy atom. The van der Waals surface area contributed by atoms with Gasteiger partial charge in [0.2, 0.25) is 0 Å². The maximum atomic E-state index is 5.61. The Balaban J connectivity index is 2.78. The van der Waals surface area contributed by atoms with Crippen molar-refractivity contribution in [3.05, 3.63) is 17.8 Å². The van der Waals surface area contributed by atoms with E-state index in [9.17, 15) is 0 Å². The Morgan fingerprint density at radius 3 is 2.70 bits per heavy atom. The molecule has 0 unspecified atom stereocenters. The maximum absolute atomic E-state index is 5.61. The number of methoxy groups -OCH3 is 1. The van der Waals surface area contributed by atoms with Crippen LogP contribution in [0.1, 0.15) is 18.5 Å². The highest BCUT2D eigenvalue weighted by molar-refractivity contribution is 5.23. The Morgan fingerprint density at radius 2 is 2.40 bits per heavy atom. The van der Waals surface area contributed by atoms with E-state index in [4.69, 9.17) is 10.5 Å². The number of nitrogens with two attached hydrogens (primary N) is 1. The fourth-order valence-corrected chi connectivity index (χ4v) is 0.770. The van der Waals surface area contributed by atoms with Crippen LogP contribution in [0.2, 0.25) is 0 Å². The van der Waals surface area contributed by atoms with Crippen molar-refractivity contribution in [2.75, 3.05) is 7.11 Å². The fraction of sp³-hybridized carbons (Fsp3) is 0.429. The summed E-state index contributed by atoms with van der Waals surface area (Å²) in [5.74, 6) is 0.757. The second-order valence-corrected chi connectivity index (χ2v) is 2.29. The quantitative estimate of drug-likeness (QED) is 0.645. The van der Waals surface area contributed by atoms with E-state index in [-0.39, 0.29) is 6.04 Å². The zero-order valence-corrected chi connectivity index (χ0v) is 6.22. The van der Waals surface area contributed by atoms with Gasteiger partial charge in [-0.3, -0.25) is 0 Å². The molecule has 0 saturated carbocycles. The van der Waals surface area contributed by atoms with Gasteiger partial charge in [0.05, 0.1) is 7.11 Å². The van der Waals surface area contributed by atoms with Crippen molar-refractivity contribution >= 4 is 0 Å². The summed E-state index contributed by atoms with van der Waals surface area (Å²) in [6, 6.07) is 1.96. The van der Waals surface area contributed by atoms with Crippen LogP contribution in [0.4, 0.5) is 0 Å². The van der Waals surface area contributed by atoms with E-state index < -0.39 is 0 Å². The highest BCUT2D eigenvalue weighted by Gasteiger charge is 2.01. The lowest BCUT2D eigenvalue weighted by Crippen LogP contribution is -2.02. The number of rotatable bonds is 2. The minimum absolute atomic E-state index is 0.0696. The van der Waals surface area contributed by atoms with Crippen molar-refractivity contribution in [2.24, 2.45) is 5.73 Å². The van der Waals surface area contributed by atoms with Crippen LogP contribution in [0.15, 0.2) is 12.3 Å². The largest absolute Gasteiger partial charge is 0.482 e. The smallest absolute Gasteiger partial charge is 0.190 e. The molecule has 3 heteroatoms. The predicted octanol–water partition coefficient (Wildman–Crippen LogP) is 1.04. The van der Waals surface area contributed by atoms with Gasteiger partial charge in [-0.2, -0.15) is 0 Å². The van der Waals surface area contributed by atoms with E-state index in [1.54, 1.807) is 7.11 Å². The van der Waals surface area contributed by atoms with Crippen molar-refractivity contribution in [1.29, 1.82) is 0 Å². The van der Waals surface area contributed by atoms with Crippen LogP contribution < -0.4 is 10.5 Å². The lowest BCUT2D eigenvalue weighted by Gasteiger charge is -1.97. The van der Waals surface area contributed by atoms with Crippen molar-refractivity contribution in [3.63, 3.8) is 0 Å². The second kappa shape index (κ2) is 2.75. The van der Waals surface area contributed by atoms with Gasteiger partial charge in [-0.25, -0.2) is 0 Å². The van der Waals surface area contributed by atoms with Crippen molar-refractivity contribution in [3.8, 4) is 5.88 Å². The van der Waals surface area contributed by atoms with Crippen LogP contribution >= 0.6 is 0 Å². The Bertz CT molecular complexity index is 205. The lowest BCUT2D eigenvalue weighted by molar-refractivity contribution is 0.400. The molecule has 0 bridgehead atoms. The maximum Gasteiger partial charge on any atom is 0.190 e. The van der Waals surface area contributed by atoms with E-state index in [1.165, 1.54) is 0 Å². The van der Waals surface area contributed by atoms with E-state index in [1.807, 2.05) is 19.2 Å². The number of hydrogen-bond donors (Lipinski definition) is 2. The van der Waals surface area contributed by atoms with Crippen LogP contribution in [0.25, 0.3) is 0 Å². The first-order valence-electron chi connectivity index (χ1n) is 3.22. The average molecular weight is 140 g/mol. The Kier molecular flexibility index (Phi) is 1.97. The zero-order chi connectivity index (χ0) is 7.56. The molecule has 10 heavy (non-hydrogen) atoms. The molecule has 0 saturated heterocycles. The molecule has 56 valence electrons. The normalized spacial score (nSPS) is 13.1. The molecule has 1 aromatic heterocycles. The minimum atomic E-state index is 0.0696. The Hall–Kier alpha value is -0.960. The van der Waals surface area contributed by atoms with E-state index in [0.29, 0.717) is 0 Å². The average Bonchev–Trinajstić information content (AvgIpc) is 2.34. The molecule has 0 spiro atoms. The number of nitrogens with one attached hydrogen (secondary N) is 1. The molecule has 3 nitrogen and oxygen atoms in total. The second-order valence-electron chi connectivity index (χ2n) is 2.29. The zero-order valence-electron chi connectivity index (χ0n) is 6.22. The molecule has 0 radical (unpaired) electrons. The summed E-state index contributed by atoms with van der Waals surface area (Å²) in [5, 5.41) is 0. The number of hydrogen-bond acceptors (Lipinski definition) is 2. The monoisotopic (exact) mass is 140 g/mol. The molecule has 1 aromatic rings. The standard InChI is InChI=1S/C7H12N2O/c1-5(8)6-3-7(10-2)9-4-6/h3-5,9H,8H2,1-2H3/t5-/m1/s1. The van der Waals surface area contributed by atoms with Crippen LogP contribution in [0.5, 0.6) is 5.88 Å². The molecular weight excluding hydrogens is 128 g/mol. The van der Waals surface area contributed by atoms with Gasteiger partial charge in [0.1, 0.15) is 0 Å². The lowest BCUT2D eigenvalue weighted by atomic mass is 10.2. The van der Waals surface area contributed by atoms with Gasteiger partial charge in [0.15, 0.2) is 5.88 Å². The summed E-state index contributed by atoms with van der Waals surface area (Å²) in [6.07, 6.45) is 1.85. The number of ether oxygens (including phenoxy) is 1. The number of aromatic nitrogens is 1. The van der Waals surface area contributed by atoms with Crippen LogP contribution in [0, 0.1) is 0 Å². The van der Waals surface area contributed by atoms with Gasteiger partial charge in [-0.05, 0) is 12.5 Å². The molecular formula is C7H12N2O. The highest BCUT2D eigenvalue weighted by atomic mass is 16.5. The molecule has 0 fully saturated rings. The summed E-state index contributed by atoms with van der Waals surface area (Å²) in [5.41, 5.74) is 6.67. The van der Waals surface area contributed by atoms with Gasteiger partial charge in [0.25, 0.3) is 0 Å². The third kappa shape index (κ3) is 1.30. The third-order valence-corrected chi connectivity index (χ3v) is 1.42. The topological polar surface area (TPSA) is 51.0 Å². The fourth-order valence-electron chi connectivity index (χ4n) is 0.770. The SMILES string of the molecule is COc1cc([C@@H](C)N)c[nH]1. The summed E-state index contributed by atoms with van der Waals surface area (Å²) < 4.78 is 4.93. The van der Waals surface area contributed by atoms with Gasteiger partial charge in [0, 0.05) is 18.3 Å². The summed E-state index contributed by atoms with van der Waals surface area (Å²) in [6.45, 7) is 1.93. The van der Waals surface area contributed by atoms with Gasteiger partial charge < -0.3 is 15.5 Å². The van der Waals surface area contributed by atoms with Gasteiger partial charge >= 0.3 is 0 Å². The Labute approximate surface area is 60.2 Å². The molecule has 1 atom stereocenters. The van der Waals surface area contributed by atoms with Crippen molar-refractivity contribution < 1.29 is 4.74 Å². The predicted molar refractivity (Wildman–Crippen MR) is 39.9 cm³/mol. The van der Waals surface area contributed by atoms with Crippen molar-refractivity contribution in [1.82, 2.24) is 4.98 Å². The third-order valence-electron chi connectivity index (χ3n) is 1.42. The molecule has 1 rings (SSSR count). The van der Waals surface area contributed by atoms with E-state index >= 15 is 0 Å². The minimum Gasteiger partial charge on any atom is -0.482 e.